The summed E-state index contributed by atoms with van der Waals surface area (Å²) in [6.45, 7) is 1.28. The summed E-state index contributed by atoms with van der Waals surface area (Å²) in [5.74, 6) is 1.32. The minimum Gasteiger partial charge on any atom is -0.497 e. The molecule has 0 aliphatic heterocycles. The van der Waals surface area contributed by atoms with E-state index in [1.807, 2.05) is 53.3 Å². The lowest BCUT2D eigenvalue weighted by atomic mass is 10.1. The first kappa shape index (κ1) is 17.5. The van der Waals surface area contributed by atoms with Crippen molar-refractivity contribution in [3.05, 3.63) is 78.1 Å². The van der Waals surface area contributed by atoms with E-state index in [0.717, 1.165) is 30.0 Å². The van der Waals surface area contributed by atoms with E-state index in [9.17, 15) is 0 Å². The van der Waals surface area contributed by atoms with Crippen LogP contribution in [-0.2, 0) is 13.0 Å². The van der Waals surface area contributed by atoms with Gasteiger partial charge in [-0.25, -0.2) is 9.67 Å². The predicted octanol–water partition coefficient (Wildman–Crippen LogP) is 2.53. The van der Waals surface area contributed by atoms with Crippen LogP contribution in [0, 0.1) is 0 Å². The third kappa shape index (κ3) is 4.86. The second-order valence-electron chi connectivity index (χ2n) is 5.84. The Hall–Kier alpha value is -3.28. The number of nitrogens with one attached hydrogen (secondary N) is 1. The minimum atomic E-state index is 0.453. The Bertz CT molecular complexity index is 824. The van der Waals surface area contributed by atoms with Gasteiger partial charge in [-0.15, -0.1) is 0 Å². The molecule has 6 nitrogen and oxygen atoms in total. The van der Waals surface area contributed by atoms with Crippen molar-refractivity contribution >= 4 is 5.96 Å². The Morgan fingerprint density at radius 2 is 1.85 bits per heavy atom. The average Bonchev–Trinajstić information content (AvgIpc) is 3.22. The first-order chi connectivity index (χ1) is 12.7. The van der Waals surface area contributed by atoms with Gasteiger partial charge in [0.1, 0.15) is 5.75 Å². The highest BCUT2D eigenvalue weighted by atomic mass is 16.5. The molecule has 3 N–H and O–H groups in total. The number of nitrogens with zero attached hydrogens (tertiary/aromatic N) is 3. The minimum absolute atomic E-state index is 0.453. The molecule has 0 spiro atoms. The summed E-state index contributed by atoms with van der Waals surface area (Å²) in [6, 6.07) is 18.0. The first-order valence-electron chi connectivity index (χ1n) is 8.50. The largest absolute Gasteiger partial charge is 0.497 e. The zero-order valence-electron chi connectivity index (χ0n) is 14.8. The number of methoxy groups -OCH3 is 1. The van der Waals surface area contributed by atoms with Crippen molar-refractivity contribution in [1.82, 2.24) is 15.1 Å². The summed E-state index contributed by atoms with van der Waals surface area (Å²) in [5, 5.41) is 7.36. The van der Waals surface area contributed by atoms with Crippen LogP contribution in [0.3, 0.4) is 0 Å². The van der Waals surface area contributed by atoms with E-state index in [4.69, 9.17) is 10.5 Å². The van der Waals surface area contributed by atoms with E-state index >= 15 is 0 Å². The normalized spacial score (nSPS) is 11.3. The highest BCUT2D eigenvalue weighted by Gasteiger charge is 1.98. The standard InChI is InChI=1S/C20H23N5O/c1-26-19-9-5-16(6-10-19)11-13-22-20(21)23-15-17-3-7-18(8-4-17)25-14-2-12-24-25/h2-10,12,14H,11,13,15H2,1H3,(H3,21,22,23). The molecule has 26 heavy (non-hydrogen) atoms. The average molecular weight is 349 g/mol. The monoisotopic (exact) mass is 349 g/mol. The molecule has 0 aliphatic carbocycles. The molecule has 0 saturated carbocycles. The van der Waals surface area contributed by atoms with Crippen LogP contribution in [0.4, 0.5) is 0 Å². The SMILES string of the molecule is COc1ccc(CCNC(N)=NCc2ccc(-n3cccn3)cc2)cc1. The van der Waals surface area contributed by atoms with Crippen LogP contribution in [0.1, 0.15) is 11.1 Å². The molecule has 0 amide bonds. The van der Waals surface area contributed by atoms with Gasteiger partial charge in [-0.2, -0.15) is 5.10 Å². The van der Waals surface area contributed by atoms with E-state index < -0.39 is 0 Å². The lowest BCUT2D eigenvalue weighted by Gasteiger charge is -2.07. The van der Waals surface area contributed by atoms with Crippen molar-refractivity contribution < 1.29 is 4.74 Å². The van der Waals surface area contributed by atoms with Crippen molar-refractivity contribution in [2.24, 2.45) is 10.7 Å². The third-order valence-electron chi connectivity index (χ3n) is 4.02. The molecule has 3 rings (SSSR count). The zero-order chi connectivity index (χ0) is 18.2. The first-order valence-corrected chi connectivity index (χ1v) is 8.50. The van der Waals surface area contributed by atoms with Gasteiger partial charge in [-0.3, -0.25) is 0 Å². The number of benzene rings is 2. The Kier molecular flexibility index (Phi) is 5.88. The van der Waals surface area contributed by atoms with Crippen LogP contribution in [0.2, 0.25) is 0 Å². The summed E-state index contributed by atoms with van der Waals surface area (Å²) < 4.78 is 6.98. The molecule has 0 aliphatic rings. The van der Waals surface area contributed by atoms with Crippen molar-refractivity contribution in [2.45, 2.75) is 13.0 Å². The Balaban J connectivity index is 1.45. The fourth-order valence-electron chi connectivity index (χ4n) is 2.54. The highest BCUT2D eigenvalue weighted by molar-refractivity contribution is 5.77. The molecule has 0 atom stereocenters. The molecule has 6 heteroatoms. The second-order valence-corrected chi connectivity index (χ2v) is 5.84. The molecule has 134 valence electrons. The van der Waals surface area contributed by atoms with Gasteiger partial charge in [-0.1, -0.05) is 24.3 Å². The number of ether oxygens (including phenoxy) is 1. The molecular formula is C20H23N5O. The lowest BCUT2D eigenvalue weighted by Crippen LogP contribution is -2.33. The molecule has 0 bridgehead atoms. The maximum atomic E-state index is 5.94. The molecule has 1 aromatic heterocycles. The fraction of sp³-hybridized carbons (Fsp3) is 0.200. The van der Waals surface area contributed by atoms with E-state index in [-0.39, 0.29) is 0 Å². The van der Waals surface area contributed by atoms with Crippen LogP contribution in [0.5, 0.6) is 5.75 Å². The van der Waals surface area contributed by atoms with Crippen LogP contribution in [-0.4, -0.2) is 29.4 Å². The number of hydrogen-bond donors (Lipinski definition) is 2. The Labute approximate surface area is 153 Å². The van der Waals surface area contributed by atoms with Crippen LogP contribution >= 0.6 is 0 Å². The molecule has 3 aromatic rings. The van der Waals surface area contributed by atoms with Gasteiger partial charge in [0.05, 0.1) is 19.3 Å². The van der Waals surface area contributed by atoms with E-state index in [1.165, 1.54) is 5.56 Å². The number of aromatic nitrogens is 2. The Morgan fingerprint density at radius 3 is 2.50 bits per heavy atom. The molecular weight excluding hydrogens is 326 g/mol. The molecule has 0 saturated heterocycles. The van der Waals surface area contributed by atoms with Gasteiger partial charge in [0, 0.05) is 18.9 Å². The summed E-state index contributed by atoms with van der Waals surface area (Å²) in [4.78, 5) is 4.39. The van der Waals surface area contributed by atoms with Crippen LogP contribution < -0.4 is 15.8 Å². The molecule has 2 aromatic carbocycles. The smallest absolute Gasteiger partial charge is 0.188 e. The number of rotatable bonds is 7. The maximum Gasteiger partial charge on any atom is 0.188 e. The van der Waals surface area contributed by atoms with Crippen molar-refractivity contribution in [3.63, 3.8) is 0 Å². The molecule has 0 radical (unpaired) electrons. The summed E-state index contributed by atoms with van der Waals surface area (Å²) in [5.41, 5.74) is 9.29. The van der Waals surface area contributed by atoms with Gasteiger partial charge in [-0.05, 0) is 47.9 Å². The molecule has 1 heterocycles. The Morgan fingerprint density at radius 1 is 1.12 bits per heavy atom. The number of nitrogens with two attached hydrogens (primary N) is 1. The van der Waals surface area contributed by atoms with Crippen molar-refractivity contribution in [3.8, 4) is 11.4 Å². The molecule has 0 unspecified atom stereocenters. The fourth-order valence-corrected chi connectivity index (χ4v) is 2.54. The van der Waals surface area contributed by atoms with Crippen LogP contribution in [0.15, 0.2) is 72.0 Å². The quantitative estimate of drug-likeness (QED) is 0.508. The summed E-state index contributed by atoms with van der Waals surface area (Å²) >= 11 is 0. The number of hydrogen-bond acceptors (Lipinski definition) is 3. The third-order valence-corrected chi connectivity index (χ3v) is 4.02. The van der Waals surface area contributed by atoms with Crippen LogP contribution in [0.25, 0.3) is 5.69 Å². The second kappa shape index (κ2) is 8.71. The topological polar surface area (TPSA) is 77.5 Å². The van der Waals surface area contributed by atoms with Gasteiger partial charge in [0.25, 0.3) is 0 Å². The lowest BCUT2D eigenvalue weighted by molar-refractivity contribution is 0.414. The van der Waals surface area contributed by atoms with Gasteiger partial charge in [0.15, 0.2) is 5.96 Å². The van der Waals surface area contributed by atoms with E-state index in [1.54, 1.807) is 13.3 Å². The van der Waals surface area contributed by atoms with Crippen molar-refractivity contribution in [2.75, 3.05) is 13.7 Å². The summed E-state index contributed by atoms with van der Waals surface area (Å²) in [7, 11) is 1.67. The molecule has 0 fully saturated rings. The van der Waals surface area contributed by atoms with E-state index in [2.05, 4.69) is 27.5 Å². The van der Waals surface area contributed by atoms with Gasteiger partial charge < -0.3 is 15.8 Å². The maximum absolute atomic E-state index is 5.94. The van der Waals surface area contributed by atoms with Gasteiger partial charge in [0.2, 0.25) is 0 Å². The van der Waals surface area contributed by atoms with E-state index in [0.29, 0.717) is 12.5 Å². The predicted molar refractivity (Wildman–Crippen MR) is 104 cm³/mol. The van der Waals surface area contributed by atoms with Crippen molar-refractivity contribution in [1.29, 1.82) is 0 Å². The summed E-state index contributed by atoms with van der Waals surface area (Å²) in [6.07, 6.45) is 4.55. The number of aliphatic imine (C=N–C) groups is 1. The number of guanidine groups is 1. The zero-order valence-corrected chi connectivity index (χ0v) is 14.8. The highest BCUT2D eigenvalue weighted by Crippen LogP contribution is 2.11. The van der Waals surface area contributed by atoms with Gasteiger partial charge >= 0.3 is 0 Å².